The molecule has 2 N–H and O–H groups in total. The molecule has 0 saturated carbocycles. The third kappa shape index (κ3) is 1.72. The van der Waals surface area contributed by atoms with E-state index in [1.165, 1.54) is 25.5 Å². The summed E-state index contributed by atoms with van der Waals surface area (Å²) in [5, 5.41) is 13.0. The second-order valence-corrected chi connectivity index (χ2v) is 4.80. The number of aromatic hydroxyl groups is 1. The van der Waals surface area contributed by atoms with E-state index in [0.717, 1.165) is 23.9 Å². The summed E-state index contributed by atoms with van der Waals surface area (Å²) in [5.41, 5.74) is 1.16. The second-order valence-electron chi connectivity index (χ2n) is 4.80. The van der Waals surface area contributed by atoms with Crippen LogP contribution in [0.15, 0.2) is 18.5 Å². The molecule has 3 rings (SSSR count). The first-order valence-electron chi connectivity index (χ1n) is 5.70. The smallest absolute Gasteiger partial charge is 0.134 e. The van der Waals surface area contributed by atoms with Crippen molar-refractivity contribution in [2.45, 2.75) is 37.8 Å². The van der Waals surface area contributed by atoms with Crippen molar-refractivity contribution in [3.63, 3.8) is 0 Å². The molecular weight excluding hydrogens is 188 g/mol. The number of hydrogen-bond donors (Lipinski definition) is 2. The Morgan fingerprint density at radius 2 is 2.33 bits per heavy atom. The van der Waals surface area contributed by atoms with Crippen LogP contribution in [0.1, 0.15) is 24.8 Å². The minimum Gasteiger partial charge on any atom is -0.506 e. The lowest BCUT2D eigenvalue weighted by atomic mass is 9.85. The fourth-order valence-electron chi connectivity index (χ4n) is 3.05. The lowest BCUT2D eigenvalue weighted by molar-refractivity contribution is 0.402. The van der Waals surface area contributed by atoms with E-state index in [1.54, 1.807) is 0 Å². The Labute approximate surface area is 89.5 Å². The number of hydrogen-bond acceptors (Lipinski definition) is 3. The van der Waals surface area contributed by atoms with Gasteiger partial charge in [-0.15, -0.1) is 0 Å². The highest BCUT2D eigenvalue weighted by atomic mass is 16.3. The molecule has 15 heavy (non-hydrogen) atoms. The van der Waals surface area contributed by atoms with Gasteiger partial charge in [0.25, 0.3) is 0 Å². The maximum Gasteiger partial charge on any atom is 0.134 e. The van der Waals surface area contributed by atoms with Crippen LogP contribution < -0.4 is 5.32 Å². The molecule has 3 unspecified atom stereocenters. The third-order valence-electron chi connectivity index (χ3n) is 3.71. The normalized spacial score (nSPS) is 33.5. The Hall–Kier alpha value is -1.09. The summed E-state index contributed by atoms with van der Waals surface area (Å²) in [6.45, 7) is 0. The summed E-state index contributed by atoms with van der Waals surface area (Å²) in [7, 11) is 0. The molecule has 2 aliphatic heterocycles. The van der Waals surface area contributed by atoms with Gasteiger partial charge in [0.05, 0.1) is 6.20 Å². The molecule has 3 heteroatoms. The van der Waals surface area contributed by atoms with Gasteiger partial charge in [0, 0.05) is 18.3 Å². The predicted molar refractivity (Wildman–Crippen MR) is 57.7 cm³/mol. The number of nitrogens with zero attached hydrogens (tertiary/aromatic N) is 1. The van der Waals surface area contributed by atoms with Gasteiger partial charge in [0.1, 0.15) is 5.75 Å². The minimum absolute atomic E-state index is 0.281. The van der Waals surface area contributed by atoms with Crippen LogP contribution in [0.2, 0.25) is 0 Å². The summed E-state index contributed by atoms with van der Waals surface area (Å²) in [5.74, 6) is 1.02. The number of aromatic nitrogens is 1. The highest BCUT2D eigenvalue weighted by Gasteiger charge is 2.38. The third-order valence-corrected chi connectivity index (χ3v) is 3.71. The fraction of sp³-hybridized carbons (Fsp3) is 0.583. The molecule has 1 aromatic heterocycles. The van der Waals surface area contributed by atoms with Crippen LogP contribution in [0.25, 0.3) is 0 Å². The summed E-state index contributed by atoms with van der Waals surface area (Å²) in [6, 6.07) is 3.29. The zero-order valence-electron chi connectivity index (χ0n) is 8.69. The van der Waals surface area contributed by atoms with E-state index in [1.807, 2.05) is 12.3 Å². The van der Waals surface area contributed by atoms with Gasteiger partial charge in [0.15, 0.2) is 0 Å². The predicted octanol–water partition coefficient (Wildman–Crippen LogP) is 1.47. The van der Waals surface area contributed by atoms with Crippen LogP contribution in [-0.4, -0.2) is 22.2 Å². The molecule has 0 aromatic carbocycles. The van der Waals surface area contributed by atoms with E-state index < -0.39 is 0 Å². The summed E-state index contributed by atoms with van der Waals surface area (Å²) in [6.07, 6.45) is 8.37. The molecule has 0 radical (unpaired) electrons. The van der Waals surface area contributed by atoms with Gasteiger partial charge in [-0.25, -0.2) is 0 Å². The molecular formula is C12H16N2O. The van der Waals surface area contributed by atoms with Crippen molar-refractivity contribution >= 4 is 0 Å². The van der Waals surface area contributed by atoms with Crippen LogP contribution in [0.4, 0.5) is 0 Å². The summed E-state index contributed by atoms with van der Waals surface area (Å²) >= 11 is 0. The molecule has 3 atom stereocenters. The maximum atomic E-state index is 9.34. The van der Waals surface area contributed by atoms with Crippen LogP contribution in [0.3, 0.4) is 0 Å². The highest BCUT2D eigenvalue weighted by molar-refractivity contribution is 5.23. The lowest BCUT2D eigenvalue weighted by Gasteiger charge is -2.19. The number of fused-ring (bicyclic) bond motifs is 2. The van der Waals surface area contributed by atoms with Crippen molar-refractivity contribution in [2.75, 3.05) is 0 Å². The first-order chi connectivity index (χ1) is 7.31. The molecule has 0 amide bonds. The first-order valence-corrected chi connectivity index (χ1v) is 5.70. The molecule has 2 fully saturated rings. The van der Waals surface area contributed by atoms with Gasteiger partial charge < -0.3 is 10.4 Å². The largest absolute Gasteiger partial charge is 0.506 e. The Balaban J connectivity index is 1.71. The molecule has 3 heterocycles. The molecule has 2 bridgehead atoms. The van der Waals surface area contributed by atoms with Gasteiger partial charge in [-0.05, 0) is 43.2 Å². The number of rotatable bonds is 2. The number of nitrogens with one attached hydrogen (secondary N) is 1. The SMILES string of the molecule is Oc1cncc(CC2CC3CCC2N3)c1. The molecule has 3 nitrogen and oxygen atoms in total. The molecule has 1 aromatic rings. The first kappa shape index (κ1) is 9.16. The molecule has 2 saturated heterocycles. The van der Waals surface area contributed by atoms with E-state index in [2.05, 4.69) is 10.3 Å². The molecule has 2 aliphatic rings. The van der Waals surface area contributed by atoms with Gasteiger partial charge in [0.2, 0.25) is 0 Å². The summed E-state index contributed by atoms with van der Waals surface area (Å²) < 4.78 is 0. The average molecular weight is 204 g/mol. The van der Waals surface area contributed by atoms with Gasteiger partial charge >= 0.3 is 0 Å². The van der Waals surface area contributed by atoms with Gasteiger partial charge in [-0.3, -0.25) is 4.98 Å². The van der Waals surface area contributed by atoms with Crippen LogP contribution >= 0.6 is 0 Å². The van der Waals surface area contributed by atoms with Gasteiger partial charge in [-0.1, -0.05) is 0 Å². The summed E-state index contributed by atoms with van der Waals surface area (Å²) in [4.78, 5) is 4.02. The Morgan fingerprint density at radius 3 is 3.00 bits per heavy atom. The topological polar surface area (TPSA) is 45.2 Å². The van der Waals surface area contributed by atoms with Crippen LogP contribution in [-0.2, 0) is 6.42 Å². The van der Waals surface area contributed by atoms with Crippen LogP contribution in [0, 0.1) is 5.92 Å². The standard InChI is InChI=1S/C12H16N2O/c15-11-4-8(6-13-7-11)3-9-5-10-1-2-12(9)14-10/h4,6-7,9-10,12,14-15H,1-3,5H2. The van der Waals surface area contributed by atoms with Crippen molar-refractivity contribution in [3.05, 3.63) is 24.0 Å². The van der Waals surface area contributed by atoms with Gasteiger partial charge in [-0.2, -0.15) is 0 Å². The van der Waals surface area contributed by atoms with E-state index in [0.29, 0.717) is 6.04 Å². The quantitative estimate of drug-likeness (QED) is 0.766. The monoisotopic (exact) mass is 204 g/mol. The minimum atomic E-state index is 0.281. The lowest BCUT2D eigenvalue weighted by Crippen LogP contribution is -2.24. The van der Waals surface area contributed by atoms with E-state index in [9.17, 15) is 5.11 Å². The molecule has 0 aliphatic carbocycles. The maximum absolute atomic E-state index is 9.34. The van der Waals surface area contributed by atoms with Crippen molar-refractivity contribution in [1.82, 2.24) is 10.3 Å². The van der Waals surface area contributed by atoms with Crippen molar-refractivity contribution in [1.29, 1.82) is 0 Å². The average Bonchev–Trinajstić information content (AvgIpc) is 2.79. The molecule has 80 valence electrons. The Morgan fingerprint density at radius 1 is 1.40 bits per heavy atom. The van der Waals surface area contributed by atoms with Crippen molar-refractivity contribution < 1.29 is 5.11 Å². The second kappa shape index (κ2) is 3.49. The van der Waals surface area contributed by atoms with Crippen molar-refractivity contribution in [2.24, 2.45) is 5.92 Å². The Bertz CT molecular complexity index is 366. The van der Waals surface area contributed by atoms with E-state index in [4.69, 9.17) is 0 Å². The zero-order valence-corrected chi connectivity index (χ0v) is 8.69. The van der Waals surface area contributed by atoms with Crippen molar-refractivity contribution in [3.8, 4) is 5.75 Å². The Kier molecular flexibility index (Phi) is 2.13. The van der Waals surface area contributed by atoms with E-state index >= 15 is 0 Å². The zero-order chi connectivity index (χ0) is 10.3. The number of pyridine rings is 1. The van der Waals surface area contributed by atoms with Crippen LogP contribution in [0.5, 0.6) is 5.75 Å². The molecule has 0 spiro atoms. The highest BCUT2D eigenvalue weighted by Crippen LogP contribution is 2.35. The van der Waals surface area contributed by atoms with E-state index in [-0.39, 0.29) is 5.75 Å². The fourth-order valence-corrected chi connectivity index (χ4v) is 3.05.